The highest BCUT2D eigenvalue weighted by Crippen LogP contribution is 2.39. The number of nitrogens with zero attached hydrogens (tertiary/aromatic N) is 1. The Balaban J connectivity index is 2.29. The van der Waals surface area contributed by atoms with Crippen LogP contribution < -0.4 is 10.1 Å². The van der Waals surface area contributed by atoms with Gasteiger partial charge in [0, 0.05) is 13.0 Å². The Morgan fingerprint density at radius 3 is 2.71 bits per heavy atom. The fourth-order valence-electron chi connectivity index (χ4n) is 3.10. The molecule has 1 N–H and O–H groups in total. The molecular weight excluding hydrogens is 304 g/mol. The van der Waals surface area contributed by atoms with E-state index in [1.807, 2.05) is 29.2 Å². The lowest BCUT2D eigenvalue weighted by Gasteiger charge is -2.28. The number of likely N-dealkylation sites (tertiary alicyclic amines) is 1. The van der Waals surface area contributed by atoms with Crippen molar-refractivity contribution in [3.63, 3.8) is 0 Å². The average molecular weight is 328 g/mol. The van der Waals surface area contributed by atoms with Crippen LogP contribution in [-0.2, 0) is 9.59 Å². The minimum Gasteiger partial charge on any atom is -0.497 e. The second-order valence-corrected chi connectivity index (χ2v) is 5.89. The number of benzene rings is 1. The zero-order valence-electron chi connectivity index (χ0n) is 14.2. The Labute approximate surface area is 143 Å². The highest BCUT2D eigenvalue weighted by atomic mass is 16.5. The lowest BCUT2D eigenvalue weighted by atomic mass is 9.92. The predicted octanol–water partition coefficient (Wildman–Crippen LogP) is 2.13. The van der Waals surface area contributed by atoms with Gasteiger partial charge < -0.3 is 15.0 Å². The van der Waals surface area contributed by atoms with Crippen molar-refractivity contribution in [2.24, 2.45) is 5.92 Å². The third kappa shape index (κ3) is 3.88. The summed E-state index contributed by atoms with van der Waals surface area (Å²) >= 11 is 0. The fraction of sp³-hybridized carbons (Fsp3) is 0.474. The van der Waals surface area contributed by atoms with Gasteiger partial charge in [-0.15, -0.1) is 6.42 Å². The molecule has 0 unspecified atom stereocenters. The van der Waals surface area contributed by atoms with Crippen LogP contribution in [0.4, 0.5) is 0 Å². The number of carbonyl (C=O) groups excluding carboxylic acids is 2. The molecule has 2 atom stereocenters. The summed E-state index contributed by atoms with van der Waals surface area (Å²) in [6.45, 7) is 2.92. The Hall–Kier alpha value is -2.48. The van der Waals surface area contributed by atoms with Crippen LogP contribution in [0.2, 0.25) is 0 Å². The molecule has 0 bridgehead atoms. The van der Waals surface area contributed by atoms with Crippen LogP contribution in [0.25, 0.3) is 0 Å². The summed E-state index contributed by atoms with van der Waals surface area (Å²) in [5.41, 5.74) is 0.943. The summed E-state index contributed by atoms with van der Waals surface area (Å²) in [7, 11) is 1.61. The van der Waals surface area contributed by atoms with Crippen LogP contribution in [0.3, 0.4) is 0 Å². The Morgan fingerprint density at radius 2 is 2.12 bits per heavy atom. The SMILES string of the molecule is C#CCNC(=O)[C@@H]1CC(=O)N(CCCC)[C@@H]1c1ccc(OC)cc1. The van der Waals surface area contributed by atoms with Gasteiger partial charge in [0.05, 0.1) is 25.6 Å². The van der Waals surface area contributed by atoms with Crippen LogP contribution in [0.5, 0.6) is 5.75 Å². The van der Waals surface area contributed by atoms with E-state index in [0.29, 0.717) is 6.54 Å². The number of nitrogens with one attached hydrogen (secondary N) is 1. The van der Waals surface area contributed by atoms with Crippen molar-refractivity contribution in [1.82, 2.24) is 10.2 Å². The van der Waals surface area contributed by atoms with E-state index in [4.69, 9.17) is 11.2 Å². The van der Waals surface area contributed by atoms with Gasteiger partial charge >= 0.3 is 0 Å². The minimum absolute atomic E-state index is 0.0186. The van der Waals surface area contributed by atoms with E-state index in [9.17, 15) is 9.59 Å². The maximum Gasteiger partial charge on any atom is 0.226 e. The average Bonchev–Trinajstić information content (AvgIpc) is 2.94. The van der Waals surface area contributed by atoms with Crippen LogP contribution in [0.1, 0.15) is 37.8 Å². The van der Waals surface area contributed by atoms with E-state index in [1.54, 1.807) is 7.11 Å². The zero-order chi connectivity index (χ0) is 17.5. The molecule has 1 heterocycles. The summed E-state index contributed by atoms with van der Waals surface area (Å²) < 4.78 is 5.19. The van der Waals surface area contributed by atoms with Gasteiger partial charge in [0.1, 0.15) is 5.75 Å². The molecule has 0 aliphatic carbocycles. The number of carbonyl (C=O) groups is 2. The summed E-state index contributed by atoms with van der Waals surface area (Å²) in [6.07, 6.45) is 7.34. The van der Waals surface area contributed by atoms with Gasteiger partial charge in [-0.25, -0.2) is 0 Å². The number of terminal acetylenes is 1. The molecule has 2 amide bonds. The topological polar surface area (TPSA) is 58.6 Å². The monoisotopic (exact) mass is 328 g/mol. The van der Waals surface area contributed by atoms with Crippen molar-refractivity contribution in [3.05, 3.63) is 29.8 Å². The molecule has 0 aromatic heterocycles. The molecule has 24 heavy (non-hydrogen) atoms. The van der Waals surface area contributed by atoms with Crippen LogP contribution in [0, 0.1) is 18.3 Å². The highest BCUT2D eigenvalue weighted by molar-refractivity contribution is 5.90. The van der Waals surface area contributed by atoms with Crippen LogP contribution in [-0.4, -0.2) is 36.9 Å². The van der Waals surface area contributed by atoms with E-state index in [-0.39, 0.29) is 30.8 Å². The summed E-state index contributed by atoms with van der Waals surface area (Å²) in [5.74, 6) is 2.58. The van der Waals surface area contributed by atoms with E-state index in [0.717, 1.165) is 24.2 Å². The smallest absolute Gasteiger partial charge is 0.226 e. The predicted molar refractivity (Wildman–Crippen MR) is 92.3 cm³/mol. The molecule has 2 rings (SSSR count). The van der Waals surface area contributed by atoms with Gasteiger partial charge in [-0.2, -0.15) is 0 Å². The van der Waals surface area contributed by atoms with Crippen LogP contribution in [0.15, 0.2) is 24.3 Å². The Bertz CT molecular complexity index is 618. The third-order valence-electron chi connectivity index (χ3n) is 4.34. The third-order valence-corrected chi connectivity index (χ3v) is 4.34. The largest absolute Gasteiger partial charge is 0.497 e. The first-order valence-corrected chi connectivity index (χ1v) is 8.27. The lowest BCUT2D eigenvalue weighted by molar-refractivity contribution is -0.129. The molecule has 1 aromatic carbocycles. The van der Waals surface area contributed by atoms with Gasteiger partial charge in [0.25, 0.3) is 0 Å². The Kier molecular flexibility index (Phi) is 6.25. The first-order valence-electron chi connectivity index (χ1n) is 8.27. The van der Waals surface area contributed by atoms with Crippen molar-refractivity contribution >= 4 is 11.8 Å². The van der Waals surface area contributed by atoms with Gasteiger partial charge in [-0.1, -0.05) is 31.4 Å². The molecule has 1 saturated heterocycles. The van der Waals surface area contributed by atoms with E-state index in [2.05, 4.69) is 18.2 Å². The van der Waals surface area contributed by atoms with E-state index in [1.165, 1.54) is 0 Å². The standard InChI is InChI=1S/C19H24N2O3/c1-4-6-12-21-17(22)13-16(19(23)20-11-5-2)18(21)14-7-9-15(24-3)10-8-14/h2,7-10,16,18H,4,6,11-13H2,1,3H3,(H,20,23)/t16-,18-/m1/s1. The molecule has 5 nitrogen and oxygen atoms in total. The van der Waals surface area contributed by atoms with Crippen molar-refractivity contribution in [1.29, 1.82) is 0 Å². The molecule has 1 aliphatic heterocycles. The molecule has 0 radical (unpaired) electrons. The number of hydrogen-bond donors (Lipinski definition) is 1. The van der Waals surface area contributed by atoms with Gasteiger partial charge in [-0.05, 0) is 24.1 Å². The van der Waals surface area contributed by atoms with Gasteiger partial charge in [0.15, 0.2) is 0 Å². The maximum absolute atomic E-state index is 12.5. The van der Waals surface area contributed by atoms with Gasteiger partial charge in [0.2, 0.25) is 11.8 Å². The summed E-state index contributed by atoms with van der Waals surface area (Å²) in [4.78, 5) is 26.7. The highest BCUT2D eigenvalue weighted by Gasteiger charge is 2.43. The normalized spacial score (nSPS) is 19.9. The number of unbranched alkanes of at least 4 members (excludes halogenated alkanes) is 1. The first kappa shape index (κ1) is 17.9. The summed E-state index contributed by atoms with van der Waals surface area (Å²) in [6, 6.07) is 7.29. The van der Waals surface area contributed by atoms with Crippen molar-refractivity contribution in [2.45, 2.75) is 32.2 Å². The second-order valence-electron chi connectivity index (χ2n) is 5.89. The van der Waals surface area contributed by atoms with Crippen molar-refractivity contribution in [2.75, 3.05) is 20.2 Å². The number of methoxy groups -OCH3 is 1. The number of rotatable bonds is 7. The maximum atomic E-state index is 12.5. The van der Waals surface area contributed by atoms with Crippen molar-refractivity contribution < 1.29 is 14.3 Å². The molecular formula is C19H24N2O3. The molecule has 1 aromatic rings. The molecule has 0 saturated carbocycles. The second kappa shape index (κ2) is 8.39. The van der Waals surface area contributed by atoms with Gasteiger partial charge in [-0.3, -0.25) is 9.59 Å². The zero-order valence-corrected chi connectivity index (χ0v) is 14.2. The lowest BCUT2D eigenvalue weighted by Crippen LogP contribution is -2.36. The van der Waals surface area contributed by atoms with Crippen LogP contribution >= 0.6 is 0 Å². The minimum atomic E-state index is -0.420. The number of amides is 2. The Morgan fingerprint density at radius 1 is 1.42 bits per heavy atom. The first-order chi connectivity index (χ1) is 11.6. The van der Waals surface area contributed by atoms with Crippen molar-refractivity contribution in [3.8, 4) is 18.1 Å². The van der Waals surface area contributed by atoms with E-state index < -0.39 is 5.92 Å². The fourth-order valence-corrected chi connectivity index (χ4v) is 3.10. The molecule has 5 heteroatoms. The molecule has 1 aliphatic rings. The molecule has 0 spiro atoms. The number of ether oxygens (including phenoxy) is 1. The number of hydrogen-bond acceptors (Lipinski definition) is 3. The molecule has 128 valence electrons. The summed E-state index contributed by atoms with van der Waals surface area (Å²) in [5, 5.41) is 2.72. The quantitative estimate of drug-likeness (QED) is 0.780. The van der Waals surface area contributed by atoms with E-state index >= 15 is 0 Å². The molecule has 1 fully saturated rings.